The van der Waals surface area contributed by atoms with Crippen molar-refractivity contribution < 1.29 is 36.3 Å². The van der Waals surface area contributed by atoms with E-state index in [0.717, 1.165) is 13.3 Å². The molecule has 0 spiro atoms. The van der Waals surface area contributed by atoms with Crippen LogP contribution in [0.4, 0.5) is 22.0 Å². The van der Waals surface area contributed by atoms with Gasteiger partial charge in [-0.05, 0) is 30.9 Å². The van der Waals surface area contributed by atoms with E-state index in [2.05, 4.69) is 14.8 Å². The molecule has 0 saturated carbocycles. The molecule has 0 aliphatic heterocycles. The van der Waals surface area contributed by atoms with Gasteiger partial charge in [-0.1, -0.05) is 13.8 Å². The van der Waals surface area contributed by atoms with E-state index in [-0.39, 0.29) is 12.3 Å². The number of nitrogens with zero attached hydrogens (tertiary/aromatic N) is 3. The topological polar surface area (TPSA) is 74.1 Å². The lowest BCUT2D eigenvalue weighted by Crippen LogP contribution is -2.27. The van der Waals surface area contributed by atoms with Gasteiger partial charge < -0.3 is 4.74 Å². The molecule has 158 valence electrons. The first-order valence-electron chi connectivity index (χ1n) is 8.45. The van der Waals surface area contributed by atoms with Crippen LogP contribution in [-0.4, -0.2) is 33.8 Å². The van der Waals surface area contributed by atoms with E-state index >= 15 is 0 Å². The highest BCUT2D eigenvalue weighted by molar-refractivity contribution is 6.02. The molecule has 0 fully saturated rings. The number of aryl methyl sites for hydroxylation is 1. The molecule has 0 N–H and O–H groups in total. The standard InChI is InChI=1S/C18H18F5N3O3/c1-8(2)7-10-11(17(28)29-4)13(15(19)20)24-14(18(21,22)23)12(10)16(27)26-6-5-9(3)25-26/h5-6,8,15H,7H2,1-4H3. The Morgan fingerprint density at radius 1 is 1.21 bits per heavy atom. The van der Waals surface area contributed by atoms with Crippen LogP contribution in [0.3, 0.4) is 0 Å². The van der Waals surface area contributed by atoms with Crippen LogP contribution in [0.2, 0.25) is 0 Å². The molecule has 0 bridgehead atoms. The number of halogens is 5. The molecule has 0 aromatic carbocycles. The smallest absolute Gasteiger partial charge is 0.434 e. The number of pyridine rings is 1. The zero-order valence-electron chi connectivity index (χ0n) is 16.0. The Hall–Kier alpha value is -2.85. The van der Waals surface area contributed by atoms with Crippen LogP contribution in [-0.2, 0) is 17.3 Å². The van der Waals surface area contributed by atoms with Crippen molar-refractivity contribution in [2.75, 3.05) is 7.11 Å². The van der Waals surface area contributed by atoms with E-state index in [4.69, 9.17) is 0 Å². The second-order valence-corrected chi connectivity index (χ2v) is 6.67. The molecule has 0 aliphatic rings. The Balaban J connectivity index is 3.00. The molecule has 11 heteroatoms. The minimum Gasteiger partial charge on any atom is -0.465 e. The average Bonchev–Trinajstić information content (AvgIpc) is 3.04. The van der Waals surface area contributed by atoms with Gasteiger partial charge in [0.2, 0.25) is 0 Å². The Morgan fingerprint density at radius 2 is 1.83 bits per heavy atom. The Morgan fingerprint density at radius 3 is 2.24 bits per heavy atom. The lowest BCUT2D eigenvalue weighted by atomic mass is 9.90. The fraction of sp³-hybridized carbons (Fsp3) is 0.444. The van der Waals surface area contributed by atoms with Crippen molar-refractivity contribution in [3.63, 3.8) is 0 Å². The average molecular weight is 419 g/mol. The lowest BCUT2D eigenvalue weighted by Gasteiger charge is -2.21. The number of ether oxygens (including phenoxy) is 1. The molecule has 0 amide bonds. The quantitative estimate of drug-likeness (QED) is 0.536. The van der Waals surface area contributed by atoms with Crippen LogP contribution in [0, 0.1) is 12.8 Å². The summed E-state index contributed by atoms with van der Waals surface area (Å²) in [5.74, 6) is -2.92. The second-order valence-electron chi connectivity index (χ2n) is 6.67. The van der Waals surface area contributed by atoms with E-state index in [1.54, 1.807) is 13.8 Å². The van der Waals surface area contributed by atoms with E-state index in [9.17, 15) is 31.5 Å². The van der Waals surface area contributed by atoms with Gasteiger partial charge in [-0.25, -0.2) is 23.2 Å². The van der Waals surface area contributed by atoms with Crippen LogP contribution < -0.4 is 0 Å². The first-order valence-corrected chi connectivity index (χ1v) is 8.45. The number of aromatic nitrogens is 3. The molecule has 0 atom stereocenters. The molecule has 2 rings (SSSR count). The molecule has 29 heavy (non-hydrogen) atoms. The van der Waals surface area contributed by atoms with Crippen LogP contribution >= 0.6 is 0 Å². The van der Waals surface area contributed by atoms with Crippen LogP contribution in [0.15, 0.2) is 12.3 Å². The summed E-state index contributed by atoms with van der Waals surface area (Å²) in [4.78, 5) is 28.1. The highest BCUT2D eigenvalue weighted by atomic mass is 19.4. The van der Waals surface area contributed by atoms with Crippen molar-refractivity contribution in [2.24, 2.45) is 5.92 Å². The molecule has 0 radical (unpaired) electrons. The Labute approximate surface area is 162 Å². The first kappa shape index (κ1) is 22.4. The zero-order chi connectivity index (χ0) is 22.1. The van der Waals surface area contributed by atoms with Gasteiger partial charge in [0.1, 0.15) is 5.69 Å². The van der Waals surface area contributed by atoms with Gasteiger partial charge in [-0.15, -0.1) is 0 Å². The van der Waals surface area contributed by atoms with Gasteiger partial charge in [-0.2, -0.15) is 18.3 Å². The minimum absolute atomic E-state index is 0.267. The predicted molar refractivity (Wildman–Crippen MR) is 90.8 cm³/mol. The molecular formula is C18H18F5N3O3. The van der Waals surface area contributed by atoms with Crippen LogP contribution in [0.1, 0.15) is 63.6 Å². The van der Waals surface area contributed by atoms with E-state index < -0.39 is 52.6 Å². The highest BCUT2D eigenvalue weighted by Crippen LogP contribution is 2.38. The van der Waals surface area contributed by atoms with Gasteiger partial charge in [0.15, 0.2) is 5.69 Å². The summed E-state index contributed by atoms with van der Waals surface area (Å²) in [6, 6.07) is 1.38. The normalized spacial score (nSPS) is 12.0. The van der Waals surface area contributed by atoms with Gasteiger partial charge in [0, 0.05) is 6.20 Å². The number of carbonyl (C=O) groups excluding carboxylic acids is 2. The van der Waals surface area contributed by atoms with Gasteiger partial charge in [0.05, 0.1) is 23.9 Å². The molecular weight excluding hydrogens is 401 g/mol. The number of rotatable bonds is 5. The molecule has 6 nitrogen and oxygen atoms in total. The number of carbonyl (C=O) groups is 2. The van der Waals surface area contributed by atoms with E-state index in [0.29, 0.717) is 10.4 Å². The third kappa shape index (κ3) is 4.60. The maximum absolute atomic E-state index is 13.7. The first-order chi connectivity index (χ1) is 13.4. The summed E-state index contributed by atoms with van der Waals surface area (Å²) in [5, 5.41) is 3.79. The van der Waals surface area contributed by atoms with Gasteiger partial charge >= 0.3 is 12.1 Å². The number of esters is 1. The predicted octanol–water partition coefficient (Wildman–Crippen LogP) is 4.22. The fourth-order valence-electron chi connectivity index (χ4n) is 2.83. The van der Waals surface area contributed by atoms with Crippen molar-refractivity contribution in [1.29, 1.82) is 0 Å². The number of hydrogen-bond donors (Lipinski definition) is 0. The van der Waals surface area contributed by atoms with E-state index in [1.165, 1.54) is 13.0 Å². The number of methoxy groups -OCH3 is 1. The molecule has 2 aromatic rings. The second kappa shape index (κ2) is 8.26. The van der Waals surface area contributed by atoms with Crippen molar-refractivity contribution >= 4 is 11.9 Å². The zero-order valence-corrected chi connectivity index (χ0v) is 16.0. The summed E-state index contributed by atoms with van der Waals surface area (Å²) in [6.45, 7) is 4.72. The maximum atomic E-state index is 13.7. The summed E-state index contributed by atoms with van der Waals surface area (Å²) in [6.07, 6.45) is -7.85. The molecule has 2 aromatic heterocycles. The molecule has 0 unspecified atom stereocenters. The van der Waals surface area contributed by atoms with Crippen molar-refractivity contribution in [1.82, 2.24) is 14.8 Å². The third-order valence-electron chi connectivity index (χ3n) is 3.95. The Kier molecular flexibility index (Phi) is 6.39. The molecule has 2 heterocycles. The monoisotopic (exact) mass is 419 g/mol. The lowest BCUT2D eigenvalue weighted by molar-refractivity contribution is -0.141. The maximum Gasteiger partial charge on any atom is 0.434 e. The molecule has 0 aliphatic carbocycles. The largest absolute Gasteiger partial charge is 0.465 e. The van der Waals surface area contributed by atoms with E-state index in [1.807, 2.05) is 0 Å². The van der Waals surface area contributed by atoms with Crippen LogP contribution in [0.5, 0.6) is 0 Å². The molecule has 0 saturated heterocycles. The SMILES string of the molecule is COC(=O)c1c(C(F)F)nc(C(F)(F)F)c(C(=O)n2ccc(C)n2)c1CC(C)C. The van der Waals surface area contributed by atoms with Crippen molar-refractivity contribution in [3.05, 3.63) is 46.0 Å². The van der Waals surface area contributed by atoms with Gasteiger partial charge in [0.25, 0.3) is 12.3 Å². The Bertz CT molecular complexity index is 936. The van der Waals surface area contributed by atoms with Crippen molar-refractivity contribution in [2.45, 2.75) is 39.8 Å². The summed E-state index contributed by atoms with van der Waals surface area (Å²) >= 11 is 0. The number of alkyl halides is 5. The van der Waals surface area contributed by atoms with Gasteiger partial charge in [-0.3, -0.25) is 4.79 Å². The summed E-state index contributed by atoms with van der Waals surface area (Å²) < 4.78 is 73.3. The van der Waals surface area contributed by atoms with Crippen molar-refractivity contribution in [3.8, 4) is 0 Å². The summed E-state index contributed by atoms with van der Waals surface area (Å²) in [7, 11) is 0.896. The number of hydrogen-bond acceptors (Lipinski definition) is 5. The van der Waals surface area contributed by atoms with Crippen LogP contribution in [0.25, 0.3) is 0 Å². The fourth-order valence-corrected chi connectivity index (χ4v) is 2.83. The summed E-state index contributed by atoms with van der Waals surface area (Å²) in [5.41, 5.74) is -5.16. The minimum atomic E-state index is -5.22. The highest BCUT2D eigenvalue weighted by Gasteiger charge is 2.43. The third-order valence-corrected chi connectivity index (χ3v) is 3.95.